The standard InChI is InChI=1S/C24H30N2O2/c1-3-17(2)20-11-4-7-14-23(20)28-16-19(27)15-26-22-13-6-5-12-21(22)25-24(26)18-9-8-10-18/h4-7,11-14,17-19,27H,3,8-10,15-16H2,1-2H3. The summed E-state index contributed by atoms with van der Waals surface area (Å²) in [5.41, 5.74) is 3.32. The molecule has 148 valence electrons. The van der Waals surface area contributed by atoms with Crippen LogP contribution in [0.3, 0.4) is 0 Å². The highest BCUT2D eigenvalue weighted by molar-refractivity contribution is 5.76. The van der Waals surface area contributed by atoms with E-state index in [9.17, 15) is 5.11 Å². The molecule has 4 heteroatoms. The Morgan fingerprint density at radius 1 is 1.14 bits per heavy atom. The van der Waals surface area contributed by atoms with Crippen LogP contribution in [0, 0.1) is 0 Å². The van der Waals surface area contributed by atoms with Crippen LogP contribution in [0.25, 0.3) is 11.0 Å². The molecule has 3 aromatic rings. The fraction of sp³-hybridized carbons (Fsp3) is 0.458. The van der Waals surface area contributed by atoms with Crippen molar-refractivity contribution in [2.45, 2.75) is 64.0 Å². The van der Waals surface area contributed by atoms with Gasteiger partial charge < -0.3 is 14.4 Å². The number of ether oxygens (including phenoxy) is 1. The van der Waals surface area contributed by atoms with E-state index in [0.717, 1.165) is 29.0 Å². The molecule has 0 aliphatic heterocycles. The molecule has 28 heavy (non-hydrogen) atoms. The lowest BCUT2D eigenvalue weighted by Crippen LogP contribution is -2.26. The van der Waals surface area contributed by atoms with Crippen LogP contribution in [0.15, 0.2) is 48.5 Å². The Hall–Kier alpha value is -2.33. The number of hydrogen-bond donors (Lipinski definition) is 1. The third-order valence-corrected chi connectivity index (χ3v) is 6.04. The molecule has 1 aliphatic carbocycles. The monoisotopic (exact) mass is 378 g/mol. The van der Waals surface area contributed by atoms with Crippen LogP contribution in [-0.4, -0.2) is 27.4 Å². The van der Waals surface area contributed by atoms with Gasteiger partial charge in [-0.15, -0.1) is 0 Å². The second-order valence-electron chi connectivity index (χ2n) is 8.01. The van der Waals surface area contributed by atoms with Crippen molar-refractivity contribution in [3.8, 4) is 5.75 Å². The number of nitrogens with zero attached hydrogens (tertiary/aromatic N) is 2. The van der Waals surface area contributed by atoms with Crippen molar-refractivity contribution >= 4 is 11.0 Å². The summed E-state index contributed by atoms with van der Waals surface area (Å²) in [7, 11) is 0. The molecule has 1 fully saturated rings. The van der Waals surface area contributed by atoms with Crippen LogP contribution in [0.5, 0.6) is 5.75 Å². The molecule has 0 spiro atoms. The number of fused-ring (bicyclic) bond motifs is 1. The van der Waals surface area contributed by atoms with Crippen LogP contribution in [0.4, 0.5) is 0 Å². The van der Waals surface area contributed by atoms with Crippen molar-refractivity contribution in [1.82, 2.24) is 9.55 Å². The summed E-state index contributed by atoms with van der Waals surface area (Å²) in [6.07, 6.45) is 4.14. The highest BCUT2D eigenvalue weighted by atomic mass is 16.5. The number of imidazole rings is 1. The fourth-order valence-corrected chi connectivity index (χ4v) is 3.95. The van der Waals surface area contributed by atoms with Crippen molar-refractivity contribution in [3.63, 3.8) is 0 Å². The second-order valence-corrected chi connectivity index (χ2v) is 8.01. The summed E-state index contributed by atoms with van der Waals surface area (Å²) in [5.74, 6) is 2.96. The summed E-state index contributed by atoms with van der Waals surface area (Å²) in [6, 6.07) is 16.4. The largest absolute Gasteiger partial charge is 0.491 e. The quantitative estimate of drug-likeness (QED) is 0.582. The Labute approximate surface area is 167 Å². The predicted molar refractivity (Wildman–Crippen MR) is 113 cm³/mol. The first kappa shape index (κ1) is 19.0. The SMILES string of the molecule is CCC(C)c1ccccc1OCC(O)Cn1c(C2CCC2)nc2ccccc21. The van der Waals surface area contributed by atoms with Crippen molar-refractivity contribution in [1.29, 1.82) is 0 Å². The van der Waals surface area contributed by atoms with Gasteiger partial charge in [0.2, 0.25) is 0 Å². The number of hydrogen-bond acceptors (Lipinski definition) is 3. The molecule has 1 N–H and O–H groups in total. The van der Waals surface area contributed by atoms with E-state index in [1.54, 1.807) is 0 Å². The van der Waals surface area contributed by atoms with Crippen molar-refractivity contribution < 1.29 is 9.84 Å². The van der Waals surface area contributed by atoms with Gasteiger partial charge in [-0.1, -0.05) is 50.6 Å². The lowest BCUT2D eigenvalue weighted by molar-refractivity contribution is 0.0913. The Kier molecular flexibility index (Phi) is 5.67. The maximum atomic E-state index is 10.8. The first-order valence-electron chi connectivity index (χ1n) is 10.5. The maximum Gasteiger partial charge on any atom is 0.122 e. The van der Waals surface area contributed by atoms with Crippen molar-refractivity contribution in [2.24, 2.45) is 0 Å². The molecule has 2 unspecified atom stereocenters. The van der Waals surface area contributed by atoms with Gasteiger partial charge in [0.15, 0.2) is 0 Å². The molecule has 1 heterocycles. The van der Waals surface area contributed by atoms with Gasteiger partial charge >= 0.3 is 0 Å². The van der Waals surface area contributed by atoms with Gasteiger partial charge in [-0.05, 0) is 48.9 Å². The Morgan fingerprint density at radius 2 is 1.89 bits per heavy atom. The van der Waals surface area contributed by atoms with E-state index in [4.69, 9.17) is 9.72 Å². The molecule has 2 aromatic carbocycles. The topological polar surface area (TPSA) is 47.3 Å². The van der Waals surface area contributed by atoms with E-state index in [-0.39, 0.29) is 6.61 Å². The normalized spacial score (nSPS) is 16.7. The van der Waals surface area contributed by atoms with Gasteiger partial charge in [0.25, 0.3) is 0 Å². The van der Waals surface area contributed by atoms with Gasteiger partial charge in [-0.3, -0.25) is 0 Å². The van der Waals surface area contributed by atoms with Crippen LogP contribution >= 0.6 is 0 Å². The smallest absolute Gasteiger partial charge is 0.122 e. The van der Waals surface area contributed by atoms with E-state index >= 15 is 0 Å². The molecule has 2 atom stereocenters. The first-order valence-corrected chi connectivity index (χ1v) is 10.5. The molecule has 1 aliphatic rings. The number of para-hydroxylation sites is 3. The Bertz CT molecular complexity index is 929. The Balaban J connectivity index is 1.50. The van der Waals surface area contributed by atoms with Crippen molar-refractivity contribution in [3.05, 3.63) is 59.9 Å². The van der Waals surface area contributed by atoms with E-state index < -0.39 is 6.10 Å². The van der Waals surface area contributed by atoms with Crippen LogP contribution in [-0.2, 0) is 6.54 Å². The lowest BCUT2D eigenvalue weighted by Gasteiger charge is -2.26. The summed E-state index contributed by atoms with van der Waals surface area (Å²) in [4.78, 5) is 4.87. The molecule has 0 saturated heterocycles. The number of aromatic nitrogens is 2. The minimum atomic E-state index is -0.582. The van der Waals surface area contributed by atoms with Gasteiger partial charge in [-0.25, -0.2) is 4.98 Å². The zero-order valence-corrected chi connectivity index (χ0v) is 16.8. The number of aliphatic hydroxyl groups excluding tert-OH is 1. The predicted octanol–water partition coefficient (Wildman–Crippen LogP) is 5.26. The van der Waals surface area contributed by atoms with E-state index in [2.05, 4.69) is 36.6 Å². The molecule has 0 amide bonds. The molecule has 4 rings (SSSR count). The highest BCUT2D eigenvalue weighted by Crippen LogP contribution is 2.37. The fourth-order valence-electron chi connectivity index (χ4n) is 3.95. The van der Waals surface area contributed by atoms with Crippen LogP contribution in [0.2, 0.25) is 0 Å². The first-order chi connectivity index (χ1) is 13.7. The van der Waals surface area contributed by atoms with Crippen LogP contribution in [0.1, 0.15) is 62.8 Å². The third-order valence-electron chi connectivity index (χ3n) is 6.04. The van der Waals surface area contributed by atoms with Gasteiger partial charge in [0.1, 0.15) is 24.3 Å². The zero-order chi connectivity index (χ0) is 19.5. The number of rotatable bonds is 8. The summed E-state index contributed by atoms with van der Waals surface area (Å²) in [6.45, 7) is 5.19. The Morgan fingerprint density at radius 3 is 2.64 bits per heavy atom. The third kappa shape index (κ3) is 3.79. The molecule has 0 bridgehead atoms. The summed E-state index contributed by atoms with van der Waals surface area (Å²) < 4.78 is 8.24. The van der Waals surface area contributed by atoms with Gasteiger partial charge in [0, 0.05) is 5.92 Å². The maximum absolute atomic E-state index is 10.8. The molecule has 1 saturated carbocycles. The summed E-state index contributed by atoms with van der Waals surface area (Å²) in [5, 5.41) is 10.8. The van der Waals surface area contributed by atoms with Gasteiger partial charge in [-0.2, -0.15) is 0 Å². The molecule has 4 nitrogen and oxygen atoms in total. The van der Waals surface area contributed by atoms with Crippen molar-refractivity contribution in [2.75, 3.05) is 6.61 Å². The highest BCUT2D eigenvalue weighted by Gasteiger charge is 2.26. The zero-order valence-electron chi connectivity index (χ0n) is 16.8. The molecular formula is C24H30N2O2. The molecular weight excluding hydrogens is 348 g/mol. The average molecular weight is 379 g/mol. The van der Waals surface area contributed by atoms with E-state index in [1.807, 2.05) is 30.3 Å². The number of aliphatic hydroxyl groups is 1. The van der Waals surface area contributed by atoms with Crippen LogP contribution < -0.4 is 4.74 Å². The summed E-state index contributed by atoms with van der Waals surface area (Å²) >= 11 is 0. The minimum absolute atomic E-state index is 0.282. The molecule has 0 radical (unpaired) electrons. The minimum Gasteiger partial charge on any atom is -0.491 e. The van der Waals surface area contributed by atoms with E-state index in [0.29, 0.717) is 18.4 Å². The molecule has 1 aromatic heterocycles. The number of benzene rings is 2. The average Bonchev–Trinajstić information content (AvgIpc) is 3.02. The van der Waals surface area contributed by atoms with E-state index in [1.165, 1.54) is 24.8 Å². The second kappa shape index (κ2) is 8.36. The lowest BCUT2D eigenvalue weighted by atomic mass is 9.85. The van der Waals surface area contributed by atoms with Gasteiger partial charge in [0.05, 0.1) is 17.6 Å².